The van der Waals surface area contributed by atoms with E-state index in [4.69, 9.17) is 0 Å². The van der Waals surface area contributed by atoms with Crippen LogP contribution in [0.15, 0.2) is 29.3 Å². The molecule has 5 heteroatoms. The third-order valence-corrected chi connectivity index (χ3v) is 4.52. The number of halogens is 1. The monoisotopic (exact) mass is 334 g/mol. The maximum absolute atomic E-state index is 13.1. The second-order valence-electron chi connectivity index (χ2n) is 6.49. The molecule has 0 spiro atoms. The maximum atomic E-state index is 13.1. The van der Waals surface area contributed by atoms with Gasteiger partial charge in [0, 0.05) is 32.7 Å². The van der Waals surface area contributed by atoms with Crippen molar-refractivity contribution in [3.05, 3.63) is 35.6 Å². The molecule has 0 unspecified atom stereocenters. The van der Waals surface area contributed by atoms with Gasteiger partial charge in [-0.1, -0.05) is 19.1 Å². The first-order chi connectivity index (χ1) is 11.7. The Hall–Kier alpha value is -1.62. The number of likely N-dealkylation sites (tertiary alicyclic amines) is 1. The van der Waals surface area contributed by atoms with Crippen LogP contribution in [0, 0.1) is 5.82 Å². The molecule has 1 aliphatic heterocycles. The van der Waals surface area contributed by atoms with Crippen LogP contribution >= 0.6 is 0 Å². The summed E-state index contributed by atoms with van der Waals surface area (Å²) in [4.78, 5) is 6.85. The Labute approximate surface area is 145 Å². The first-order valence-electron chi connectivity index (χ1n) is 9.15. The van der Waals surface area contributed by atoms with Gasteiger partial charge in [0.25, 0.3) is 0 Å². The molecule has 0 aromatic heterocycles. The molecule has 4 nitrogen and oxygen atoms in total. The second kappa shape index (κ2) is 10.3. The highest BCUT2D eigenvalue weighted by molar-refractivity contribution is 5.79. The summed E-state index contributed by atoms with van der Waals surface area (Å²) in [6.07, 6.45) is 5.40. The lowest BCUT2D eigenvalue weighted by molar-refractivity contribution is 0.206. The molecule has 0 saturated carbocycles. The van der Waals surface area contributed by atoms with Gasteiger partial charge >= 0.3 is 0 Å². The molecular formula is C19H31FN4. The number of hydrogen-bond acceptors (Lipinski definition) is 2. The van der Waals surface area contributed by atoms with Crippen molar-refractivity contribution in [1.82, 2.24) is 15.5 Å². The van der Waals surface area contributed by atoms with Gasteiger partial charge in [-0.2, -0.15) is 0 Å². The van der Waals surface area contributed by atoms with Gasteiger partial charge in [-0.05, 0) is 56.3 Å². The van der Waals surface area contributed by atoms with E-state index in [9.17, 15) is 4.39 Å². The highest BCUT2D eigenvalue weighted by atomic mass is 19.1. The Morgan fingerprint density at radius 2 is 2.12 bits per heavy atom. The van der Waals surface area contributed by atoms with Crippen LogP contribution in [0.25, 0.3) is 0 Å². The van der Waals surface area contributed by atoms with Crippen molar-refractivity contribution >= 4 is 5.96 Å². The van der Waals surface area contributed by atoms with Crippen LogP contribution in [-0.2, 0) is 6.42 Å². The van der Waals surface area contributed by atoms with E-state index in [1.54, 1.807) is 12.1 Å². The van der Waals surface area contributed by atoms with E-state index in [1.807, 2.05) is 13.1 Å². The molecule has 0 atom stereocenters. The molecule has 1 aromatic rings. The van der Waals surface area contributed by atoms with Crippen LogP contribution in [-0.4, -0.2) is 50.1 Å². The molecule has 0 aliphatic carbocycles. The lowest BCUT2D eigenvalue weighted by Crippen LogP contribution is -2.48. The summed E-state index contributed by atoms with van der Waals surface area (Å²) in [5, 5.41) is 6.90. The van der Waals surface area contributed by atoms with E-state index >= 15 is 0 Å². The van der Waals surface area contributed by atoms with Crippen molar-refractivity contribution in [3.8, 4) is 0 Å². The number of nitrogens with one attached hydrogen (secondary N) is 2. The normalized spacial score (nSPS) is 17.0. The Balaban J connectivity index is 1.64. The highest BCUT2D eigenvalue weighted by Crippen LogP contribution is 2.10. The zero-order valence-electron chi connectivity index (χ0n) is 15.0. The molecule has 1 saturated heterocycles. The molecule has 134 valence electrons. The van der Waals surface area contributed by atoms with E-state index < -0.39 is 0 Å². The molecule has 2 N–H and O–H groups in total. The summed E-state index contributed by atoms with van der Waals surface area (Å²) in [6, 6.07) is 7.34. The topological polar surface area (TPSA) is 39.7 Å². The number of nitrogens with zero attached hydrogens (tertiary/aromatic N) is 2. The van der Waals surface area contributed by atoms with Crippen molar-refractivity contribution < 1.29 is 4.39 Å². The Kier molecular flexibility index (Phi) is 8.02. The van der Waals surface area contributed by atoms with Crippen molar-refractivity contribution in [1.29, 1.82) is 0 Å². The van der Waals surface area contributed by atoms with Gasteiger partial charge in [-0.15, -0.1) is 0 Å². The fourth-order valence-electron chi connectivity index (χ4n) is 3.20. The lowest BCUT2D eigenvalue weighted by Gasteiger charge is -2.32. The van der Waals surface area contributed by atoms with Crippen molar-refractivity contribution in [2.45, 2.75) is 45.1 Å². The van der Waals surface area contributed by atoms with Crippen molar-refractivity contribution in [3.63, 3.8) is 0 Å². The molecule has 0 amide bonds. The minimum Gasteiger partial charge on any atom is -0.356 e. The number of aliphatic imine (C=N–C) groups is 1. The van der Waals surface area contributed by atoms with Crippen LogP contribution in [0.2, 0.25) is 0 Å². The number of aryl methyl sites for hydroxylation is 1. The van der Waals surface area contributed by atoms with Crippen LogP contribution in [0.3, 0.4) is 0 Å². The fourth-order valence-corrected chi connectivity index (χ4v) is 3.20. The summed E-state index contributed by atoms with van der Waals surface area (Å²) in [7, 11) is 1.81. The number of guanidine groups is 1. The number of rotatable bonds is 7. The van der Waals surface area contributed by atoms with Gasteiger partial charge in [-0.25, -0.2) is 4.39 Å². The molecule has 0 bridgehead atoms. The highest BCUT2D eigenvalue weighted by Gasteiger charge is 2.19. The lowest BCUT2D eigenvalue weighted by atomic mass is 10.1. The van der Waals surface area contributed by atoms with Crippen LogP contribution in [0.4, 0.5) is 4.39 Å². The quantitative estimate of drug-likeness (QED) is 0.458. The summed E-state index contributed by atoms with van der Waals surface area (Å²) < 4.78 is 13.1. The molecular weight excluding hydrogens is 303 g/mol. The average Bonchev–Trinajstić information content (AvgIpc) is 2.59. The zero-order chi connectivity index (χ0) is 17.2. The average molecular weight is 334 g/mol. The van der Waals surface area contributed by atoms with E-state index in [1.165, 1.54) is 45.0 Å². The molecule has 1 heterocycles. The summed E-state index contributed by atoms with van der Waals surface area (Å²) in [6.45, 7) is 6.62. The summed E-state index contributed by atoms with van der Waals surface area (Å²) in [5.41, 5.74) is 1.04. The molecule has 1 aliphatic rings. The molecule has 1 aromatic carbocycles. The van der Waals surface area contributed by atoms with Crippen LogP contribution in [0.5, 0.6) is 0 Å². The van der Waals surface area contributed by atoms with Crippen molar-refractivity contribution in [2.75, 3.05) is 33.2 Å². The minimum absolute atomic E-state index is 0.160. The fraction of sp³-hybridized carbons (Fsp3) is 0.632. The first-order valence-corrected chi connectivity index (χ1v) is 9.15. The van der Waals surface area contributed by atoms with Gasteiger partial charge in [0.15, 0.2) is 5.96 Å². The largest absolute Gasteiger partial charge is 0.356 e. The smallest absolute Gasteiger partial charge is 0.191 e. The minimum atomic E-state index is -0.160. The third kappa shape index (κ3) is 6.48. The molecule has 24 heavy (non-hydrogen) atoms. The second-order valence-corrected chi connectivity index (χ2v) is 6.49. The third-order valence-electron chi connectivity index (χ3n) is 4.52. The van der Waals surface area contributed by atoms with E-state index in [-0.39, 0.29) is 5.82 Å². The Morgan fingerprint density at radius 3 is 2.79 bits per heavy atom. The summed E-state index contributed by atoms with van der Waals surface area (Å²) in [5.74, 6) is 0.718. The molecule has 1 fully saturated rings. The van der Waals surface area contributed by atoms with E-state index in [2.05, 4.69) is 27.4 Å². The van der Waals surface area contributed by atoms with E-state index in [0.29, 0.717) is 6.04 Å². The summed E-state index contributed by atoms with van der Waals surface area (Å²) >= 11 is 0. The first kappa shape index (κ1) is 18.7. The van der Waals surface area contributed by atoms with Crippen LogP contribution < -0.4 is 10.6 Å². The number of hydrogen-bond donors (Lipinski definition) is 2. The Bertz CT molecular complexity index is 510. The molecule has 0 radical (unpaired) electrons. The van der Waals surface area contributed by atoms with Gasteiger partial charge < -0.3 is 15.5 Å². The zero-order valence-corrected chi connectivity index (χ0v) is 15.0. The maximum Gasteiger partial charge on any atom is 0.191 e. The standard InChI is InChI=1S/C19H31FN4/c1-3-12-24-13-9-18(10-14-24)23-19(21-2)22-11-5-7-16-6-4-8-17(20)15-16/h4,6,8,15,18H,3,5,7,9-14H2,1-2H3,(H2,21,22,23). The van der Waals surface area contributed by atoms with Gasteiger partial charge in [-0.3, -0.25) is 4.99 Å². The number of benzene rings is 1. The Morgan fingerprint density at radius 1 is 1.33 bits per heavy atom. The van der Waals surface area contributed by atoms with Crippen molar-refractivity contribution in [2.24, 2.45) is 4.99 Å². The molecule has 2 rings (SSSR count). The predicted molar refractivity (Wildman–Crippen MR) is 99.0 cm³/mol. The predicted octanol–water partition coefficient (Wildman–Crippen LogP) is 2.80. The van der Waals surface area contributed by atoms with Gasteiger partial charge in [0.05, 0.1) is 0 Å². The van der Waals surface area contributed by atoms with Gasteiger partial charge in [0.1, 0.15) is 5.82 Å². The van der Waals surface area contributed by atoms with Gasteiger partial charge in [0.2, 0.25) is 0 Å². The van der Waals surface area contributed by atoms with Crippen LogP contribution in [0.1, 0.15) is 38.2 Å². The SMILES string of the molecule is CCCN1CCC(NC(=NC)NCCCc2cccc(F)c2)CC1. The number of piperidine rings is 1. The van der Waals surface area contributed by atoms with E-state index in [0.717, 1.165) is 30.9 Å².